The summed E-state index contributed by atoms with van der Waals surface area (Å²) in [6.45, 7) is 2.08. The topological polar surface area (TPSA) is 9.23 Å². The molecule has 1 saturated carbocycles. The molecule has 0 radical (unpaired) electrons. The normalized spacial score (nSPS) is 40.8. The molecule has 10 heavy (non-hydrogen) atoms. The Morgan fingerprint density at radius 1 is 0.900 bits per heavy atom. The largest absolute Gasteiger partial charge is 0.381 e. The van der Waals surface area contributed by atoms with Crippen LogP contribution in [0.1, 0.15) is 32.1 Å². The molecule has 2 aliphatic rings. The van der Waals surface area contributed by atoms with E-state index in [1.54, 1.807) is 0 Å². The molecule has 2 fully saturated rings. The van der Waals surface area contributed by atoms with E-state index in [0.29, 0.717) is 0 Å². The quantitative estimate of drug-likeness (QED) is 0.501. The second-order valence-electron chi connectivity index (χ2n) is 3.67. The van der Waals surface area contributed by atoms with E-state index in [9.17, 15) is 0 Å². The molecule has 0 aromatic heterocycles. The number of fused-ring (bicyclic) bond motifs is 1. The number of rotatable bonds is 0. The van der Waals surface area contributed by atoms with Crippen LogP contribution in [0.3, 0.4) is 0 Å². The van der Waals surface area contributed by atoms with E-state index >= 15 is 0 Å². The van der Waals surface area contributed by atoms with Crippen LogP contribution in [0, 0.1) is 11.8 Å². The Kier molecular flexibility index (Phi) is 1.94. The Labute approximate surface area is 62.8 Å². The number of hydrogen-bond acceptors (Lipinski definition) is 1. The molecule has 0 amide bonds. The predicted octanol–water partition coefficient (Wildman–Crippen LogP) is 2.21. The third kappa shape index (κ3) is 1.20. The molecule has 0 bridgehead atoms. The molecular weight excluding hydrogens is 124 g/mol. The van der Waals surface area contributed by atoms with Crippen LogP contribution in [0.4, 0.5) is 0 Å². The van der Waals surface area contributed by atoms with Crippen molar-refractivity contribution in [3.8, 4) is 0 Å². The van der Waals surface area contributed by atoms with Crippen LogP contribution in [-0.4, -0.2) is 13.2 Å². The summed E-state index contributed by atoms with van der Waals surface area (Å²) in [4.78, 5) is 0. The lowest BCUT2D eigenvalue weighted by molar-refractivity contribution is 0.111. The van der Waals surface area contributed by atoms with Crippen LogP contribution < -0.4 is 0 Å². The van der Waals surface area contributed by atoms with Gasteiger partial charge >= 0.3 is 0 Å². The van der Waals surface area contributed by atoms with Crippen molar-refractivity contribution >= 4 is 0 Å². The molecule has 2 rings (SSSR count). The fraction of sp³-hybridized carbons (Fsp3) is 1.00. The van der Waals surface area contributed by atoms with E-state index in [1.807, 2.05) is 0 Å². The van der Waals surface area contributed by atoms with Crippen molar-refractivity contribution in [1.82, 2.24) is 0 Å². The molecular formula is C9H16O. The first-order valence-electron chi connectivity index (χ1n) is 4.54. The molecule has 2 atom stereocenters. The molecule has 1 aliphatic heterocycles. The Morgan fingerprint density at radius 2 is 1.70 bits per heavy atom. The van der Waals surface area contributed by atoms with Gasteiger partial charge in [-0.25, -0.2) is 0 Å². The zero-order chi connectivity index (χ0) is 6.81. The fourth-order valence-electron chi connectivity index (χ4n) is 2.40. The molecule has 0 aromatic carbocycles. The van der Waals surface area contributed by atoms with Gasteiger partial charge in [-0.3, -0.25) is 0 Å². The fourth-order valence-corrected chi connectivity index (χ4v) is 2.40. The van der Waals surface area contributed by atoms with Gasteiger partial charge in [-0.1, -0.05) is 12.8 Å². The van der Waals surface area contributed by atoms with E-state index in [0.717, 1.165) is 25.0 Å². The zero-order valence-corrected chi connectivity index (χ0v) is 6.51. The molecule has 0 aromatic rings. The highest BCUT2D eigenvalue weighted by Gasteiger charge is 2.28. The highest BCUT2D eigenvalue weighted by atomic mass is 16.5. The molecule has 0 N–H and O–H groups in total. The van der Waals surface area contributed by atoms with E-state index in [-0.39, 0.29) is 0 Å². The van der Waals surface area contributed by atoms with Gasteiger partial charge in [0.2, 0.25) is 0 Å². The smallest absolute Gasteiger partial charge is 0.0496 e. The van der Waals surface area contributed by atoms with Crippen molar-refractivity contribution in [3.05, 3.63) is 0 Å². The van der Waals surface area contributed by atoms with Gasteiger partial charge in [-0.05, 0) is 31.1 Å². The first-order valence-corrected chi connectivity index (χ1v) is 4.54. The van der Waals surface area contributed by atoms with E-state index < -0.39 is 0 Å². The summed E-state index contributed by atoms with van der Waals surface area (Å²) in [5, 5.41) is 0. The van der Waals surface area contributed by atoms with Crippen molar-refractivity contribution < 1.29 is 4.74 Å². The second kappa shape index (κ2) is 2.91. The lowest BCUT2D eigenvalue weighted by Gasteiger charge is -2.13. The maximum Gasteiger partial charge on any atom is 0.0496 e. The minimum absolute atomic E-state index is 0.933. The molecule has 1 nitrogen and oxygen atoms in total. The average Bonchev–Trinajstić information content (AvgIpc) is 2.28. The molecule has 58 valence electrons. The first-order chi connectivity index (χ1) is 4.97. The van der Waals surface area contributed by atoms with Gasteiger partial charge in [0.25, 0.3) is 0 Å². The van der Waals surface area contributed by atoms with Crippen molar-refractivity contribution in [2.75, 3.05) is 13.2 Å². The second-order valence-corrected chi connectivity index (χ2v) is 3.67. The lowest BCUT2D eigenvalue weighted by Crippen LogP contribution is -2.10. The Balaban J connectivity index is 1.95. The SMILES string of the molecule is C1COCC2CCCC2C1. The summed E-state index contributed by atoms with van der Waals surface area (Å²) in [6.07, 6.45) is 7.11. The van der Waals surface area contributed by atoms with Crippen molar-refractivity contribution in [3.63, 3.8) is 0 Å². The van der Waals surface area contributed by atoms with E-state index in [2.05, 4.69) is 0 Å². The molecule has 1 aliphatic carbocycles. The summed E-state index contributed by atoms with van der Waals surface area (Å²) in [6, 6.07) is 0. The minimum Gasteiger partial charge on any atom is -0.381 e. The third-order valence-electron chi connectivity index (χ3n) is 3.01. The molecule has 2 unspecified atom stereocenters. The van der Waals surface area contributed by atoms with Crippen LogP contribution in [0.2, 0.25) is 0 Å². The molecule has 0 spiro atoms. The lowest BCUT2D eigenvalue weighted by atomic mass is 9.93. The summed E-state index contributed by atoms with van der Waals surface area (Å²) in [7, 11) is 0. The van der Waals surface area contributed by atoms with E-state index in [1.165, 1.54) is 32.1 Å². The van der Waals surface area contributed by atoms with Gasteiger partial charge in [-0.2, -0.15) is 0 Å². The third-order valence-corrected chi connectivity index (χ3v) is 3.01. The highest BCUT2D eigenvalue weighted by molar-refractivity contribution is 4.78. The maximum absolute atomic E-state index is 5.51. The predicted molar refractivity (Wildman–Crippen MR) is 40.9 cm³/mol. The summed E-state index contributed by atoms with van der Waals surface area (Å²) in [5.74, 6) is 1.96. The van der Waals surface area contributed by atoms with Gasteiger partial charge < -0.3 is 4.74 Å². The van der Waals surface area contributed by atoms with E-state index in [4.69, 9.17) is 4.74 Å². The average molecular weight is 140 g/mol. The maximum atomic E-state index is 5.51. The number of ether oxygens (including phenoxy) is 1. The van der Waals surface area contributed by atoms with Crippen LogP contribution in [0.5, 0.6) is 0 Å². The molecule has 1 heterocycles. The molecule has 1 heteroatoms. The van der Waals surface area contributed by atoms with Crippen LogP contribution in [0.25, 0.3) is 0 Å². The first kappa shape index (κ1) is 6.66. The standard InChI is InChI=1S/C9H16O/c1-3-8-5-2-6-10-7-9(8)4-1/h8-9H,1-7H2. The summed E-state index contributed by atoms with van der Waals surface area (Å²) >= 11 is 0. The Morgan fingerprint density at radius 3 is 2.70 bits per heavy atom. The van der Waals surface area contributed by atoms with Crippen LogP contribution >= 0.6 is 0 Å². The summed E-state index contributed by atoms with van der Waals surface area (Å²) < 4.78 is 5.51. The zero-order valence-electron chi connectivity index (χ0n) is 6.51. The van der Waals surface area contributed by atoms with Crippen LogP contribution in [-0.2, 0) is 4.74 Å². The summed E-state index contributed by atoms with van der Waals surface area (Å²) in [5.41, 5.74) is 0. The van der Waals surface area contributed by atoms with Crippen molar-refractivity contribution in [2.24, 2.45) is 11.8 Å². The monoisotopic (exact) mass is 140 g/mol. The Bertz CT molecular complexity index is 99.3. The van der Waals surface area contributed by atoms with Crippen molar-refractivity contribution in [2.45, 2.75) is 32.1 Å². The Hall–Kier alpha value is -0.0400. The minimum atomic E-state index is 0.933. The van der Waals surface area contributed by atoms with Gasteiger partial charge in [0.15, 0.2) is 0 Å². The van der Waals surface area contributed by atoms with Crippen molar-refractivity contribution in [1.29, 1.82) is 0 Å². The van der Waals surface area contributed by atoms with Gasteiger partial charge in [0.05, 0.1) is 0 Å². The van der Waals surface area contributed by atoms with Gasteiger partial charge in [0, 0.05) is 13.2 Å². The van der Waals surface area contributed by atoms with Crippen LogP contribution in [0.15, 0.2) is 0 Å². The van der Waals surface area contributed by atoms with Gasteiger partial charge in [0.1, 0.15) is 0 Å². The highest BCUT2D eigenvalue weighted by Crippen LogP contribution is 2.36. The molecule has 1 saturated heterocycles. The number of hydrogen-bond donors (Lipinski definition) is 0. The van der Waals surface area contributed by atoms with Gasteiger partial charge in [-0.15, -0.1) is 0 Å².